The van der Waals surface area contributed by atoms with Gasteiger partial charge in [-0.1, -0.05) is 57.5 Å². The number of hydrogen-bond donors (Lipinski definition) is 2. The Balaban J connectivity index is 1.70. The standard InChI is InChI=1S/C31H32N2O6S/c1-4-5-16-33-29(35)22-11-8-10-21-27(22)23(30(33)36)19-20(28(21)34)14-15-26-31(2,3)24-12-6-7-13-25(24)32(26)17-9-18-40(37,38)39/h6-8,10-15,19H,4-5,9,16-18H2,1-3H3,(H,37,38,39)/p+1/b20-14-,26-15+. The minimum Gasteiger partial charge on any atom is -0.459 e. The highest BCUT2D eigenvalue weighted by Crippen LogP contribution is 2.47. The Bertz CT molecular complexity index is 1880. The summed E-state index contributed by atoms with van der Waals surface area (Å²) in [5.41, 5.74) is 2.80. The Morgan fingerprint density at radius 3 is 2.45 bits per heavy atom. The molecule has 40 heavy (non-hydrogen) atoms. The first-order chi connectivity index (χ1) is 19.0. The fourth-order valence-electron chi connectivity index (χ4n) is 5.83. The number of fused-ring (bicyclic) bond motifs is 1. The van der Waals surface area contributed by atoms with Crippen molar-refractivity contribution >= 4 is 32.7 Å². The molecule has 2 heterocycles. The third-order valence-corrected chi connectivity index (χ3v) is 8.66. The fraction of sp³-hybridized carbons (Fsp3) is 0.323. The molecule has 2 aromatic rings. The van der Waals surface area contributed by atoms with Crippen LogP contribution in [0.1, 0.15) is 45.6 Å². The van der Waals surface area contributed by atoms with Gasteiger partial charge in [0.15, 0.2) is 12.0 Å². The summed E-state index contributed by atoms with van der Waals surface area (Å²) in [5.74, 6) is -0.503. The Kier molecular flexibility index (Phi) is 7.14. The summed E-state index contributed by atoms with van der Waals surface area (Å²) in [4.78, 5) is 28.8. The third-order valence-electron chi connectivity index (χ3n) is 7.85. The second-order valence-electron chi connectivity index (χ2n) is 10.9. The largest absolute Gasteiger partial charge is 0.459 e. The van der Waals surface area contributed by atoms with Crippen molar-refractivity contribution in [2.45, 2.75) is 52.0 Å². The number of rotatable bonds is 8. The topological polar surface area (TPSA) is 116 Å². The van der Waals surface area contributed by atoms with Crippen LogP contribution < -0.4 is 25.7 Å². The van der Waals surface area contributed by atoms with Gasteiger partial charge in [-0.05, 0) is 42.3 Å². The van der Waals surface area contributed by atoms with Crippen LogP contribution in [0.5, 0.6) is 5.88 Å². The van der Waals surface area contributed by atoms with E-state index < -0.39 is 15.5 Å². The predicted molar refractivity (Wildman–Crippen MR) is 157 cm³/mol. The fourth-order valence-corrected chi connectivity index (χ4v) is 6.32. The Labute approximate surface area is 232 Å². The van der Waals surface area contributed by atoms with Crippen LogP contribution in [-0.4, -0.2) is 30.4 Å². The van der Waals surface area contributed by atoms with E-state index >= 15 is 0 Å². The molecule has 0 spiro atoms. The van der Waals surface area contributed by atoms with E-state index in [4.69, 9.17) is 0 Å². The molecule has 0 bridgehead atoms. The van der Waals surface area contributed by atoms with Gasteiger partial charge in [0.2, 0.25) is 0 Å². The Morgan fingerprint density at radius 1 is 1.00 bits per heavy atom. The molecule has 0 unspecified atom stereocenters. The number of benzene rings is 3. The van der Waals surface area contributed by atoms with Crippen molar-refractivity contribution in [1.82, 2.24) is 0 Å². The monoisotopic (exact) mass is 561 g/mol. The number of pyridine rings is 1. The lowest BCUT2D eigenvalue weighted by Crippen LogP contribution is -2.50. The van der Waals surface area contributed by atoms with Crippen LogP contribution in [0.25, 0.3) is 28.0 Å². The van der Waals surface area contributed by atoms with Crippen molar-refractivity contribution < 1.29 is 22.6 Å². The van der Waals surface area contributed by atoms with Crippen LogP contribution in [0.2, 0.25) is 0 Å². The number of aromatic nitrogens is 1. The molecule has 0 atom stereocenters. The van der Waals surface area contributed by atoms with Gasteiger partial charge in [0.1, 0.15) is 0 Å². The van der Waals surface area contributed by atoms with Gasteiger partial charge < -0.3 is 10.0 Å². The molecule has 0 fully saturated rings. The maximum atomic E-state index is 13.6. The number of hydrogen-bond acceptors (Lipinski definition) is 6. The normalized spacial score (nSPS) is 16.4. The molecule has 0 amide bonds. The van der Waals surface area contributed by atoms with Gasteiger partial charge in [-0.3, -0.25) is 9.35 Å². The summed E-state index contributed by atoms with van der Waals surface area (Å²) in [6, 6.07) is 14.6. The molecule has 208 valence electrons. The first-order valence-corrected chi connectivity index (χ1v) is 15.1. The van der Waals surface area contributed by atoms with E-state index in [0.717, 1.165) is 29.8 Å². The van der Waals surface area contributed by atoms with Crippen molar-refractivity contribution in [3.63, 3.8) is 0 Å². The van der Waals surface area contributed by atoms with Crippen molar-refractivity contribution in [2.75, 3.05) is 17.2 Å². The van der Waals surface area contributed by atoms with Gasteiger partial charge in [0, 0.05) is 45.9 Å². The van der Waals surface area contributed by atoms with E-state index in [-0.39, 0.29) is 29.0 Å². The molecule has 0 saturated heterocycles. The molecule has 3 aliphatic rings. The molecule has 0 radical (unpaired) electrons. The van der Waals surface area contributed by atoms with Crippen LogP contribution >= 0.6 is 0 Å². The smallest absolute Gasteiger partial charge is 0.423 e. The zero-order valence-corrected chi connectivity index (χ0v) is 23.7. The summed E-state index contributed by atoms with van der Waals surface area (Å²) < 4.78 is 33.4. The highest BCUT2D eigenvalue weighted by atomic mass is 32.2. The summed E-state index contributed by atoms with van der Waals surface area (Å²) in [6.45, 7) is 6.89. The van der Waals surface area contributed by atoms with Gasteiger partial charge >= 0.3 is 11.4 Å². The molecular formula is C31H33N2O6S+. The summed E-state index contributed by atoms with van der Waals surface area (Å²) in [6.07, 6.45) is 5.41. The molecule has 2 aromatic carbocycles. The minimum atomic E-state index is -4.10. The predicted octanol–water partition coefficient (Wildman–Crippen LogP) is 3.36. The van der Waals surface area contributed by atoms with Gasteiger partial charge in [0.25, 0.3) is 10.1 Å². The number of allylic oxidation sites excluding steroid dienone is 2. The minimum absolute atomic E-state index is 0.148. The molecule has 1 aliphatic carbocycles. The summed E-state index contributed by atoms with van der Waals surface area (Å²) in [7, 11) is -4.10. The van der Waals surface area contributed by atoms with Crippen molar-refractivity contribution in [2.24, 2.45) is 0 Å². The molecule has 9 heteroatoms. The number of anilines is 1. The first kappa shape index (κ1) is 27.7. The SMILES string of the molecule is CCCC[n+]1c(O)c2c/c(=C/C=C3/N(CCCS(=O)(=O)O)c4ccccc4C3(C)C)c(=O)c3cccc(c3-2)c1=O. The molecule has 2 N–H and O–H groups in total. The van der Waals surface area contributed by atoms with E-state index in [9.17, 15) is 27.7 Å². The Morgan fingerprint density at radius 2 is 1.73 bits per heavy atom. The number of nitrogens with zero attached hydrogens (tertiary/aromatic N) is 2. The van der Waals surface area contributed by atoms with E-state index in [1.807, 2.05) is 42.2 Å². The lowest BCUT2D eigenvalue weighted by atomic mass is 9.83. The molecule has 0 aromatic heterocycles. The maximum absolute atomic E-state index is 13.6. The molecule has 8 nitrogen and oxygen atoms in total. The molecule has 0 saturated carbocycles. The second kappa shape index (κ2) is 10.3. The van der Waals surface area contributed by atoms with E-state index in [1.165, 1.54) is 4.57 Å². The average Bonchev–Trinajstić information content (AvgIpc) is 3.12. The lowest BCUT2D eigenvalue weighted by Gasteiger charge is -2.27. The van der Waals surface area contributed by atoms with Gasteiger partial charge in [0.05, 0.1) is 16.7 Å². The first-order valence-electron chi connectivity index (χ1n) is 13.5. The quantitative estimate of drug-likeness (QED) is 0.250. The maximum Gasteiger partial charge on any atom is 0.423 e. The van der Waals surface area contributed by atoms with E-state index in [1.54, 1.807) is 30.3 Å². The van der Waals surface area contributed by atoms with Gasteiger partial charge in [-0.15, -0.1) is 4.57 Å². The van der Waals surface area contributed by atoms with E-state index in [0.29, 0.717) is 40.2 Å². The highest BCUT2D eigenvalue weighted by Gasteiger charge is 2.39. The van der Waals surface area contributed by atoms with Gasteiger partial charge in [-0.25, -0.2) is 4.79 Å². The summed E-state index contributed by atoms with van der Waals surface area (Å²) >= 11 is 0. The van der Waals surface area contributed by atoms with E-state index in [2.05, 4.69) is 13.8 Å². The van der Waals surface area contributed by atoms with Gasteiger partial charge in [-0.2, -0.15) is 8.42 Å². The Hall–Kier alpha value is -3.82. The van der Waals surface area contributed by atoms with Crippen LogP contribution in [0, 0.1) is 0 Å². The molecule has 2 aliphatic heterocycles. The number of para-hydroxylation sites is 1. The number of aromatic hydroxyl groups is 1. The van der Waals surface area contributed by atoms with Crippen molar-refractivity contribution in [3.05, 3.63) is 91.7 Å². The van der Waals surface area contributed by atoms with Crippen LogP contribution in [0.15, 0.2) is 69.9 Å². The third kappa shape index (κ3) is 4.73. The van der Waals surface area contributed by atoms with Crippen LogP contribution in [-0.2, 0) is 22.1 Å². The second-order valence-corrected chi connectivity index (χ2v) is 12.4. The zero-order valence-electron chi connectivity index (χ0n) is 22.8. The number of unbranched alkanes of at least 4 members (excludes halogenated alkanes) is 1. The van der Waals surface area contributed by atoms with Crippen LogP contribution in [0.3, 0.4) is 0 Å². The lowest BCUT2D eigenvalue weighted by molar-refractivity contribution is -0.714. The van der Waals surface area contributed by atoms with Crippen molar-refractivity contribution in [3.8, 4) is 17.0 Å². The highest BCUT2D eigenvalue weighted by molar-refractivity contribution is 7.85. The summed E-state index contributed by atoms with van der Waals surface area (Å²) in [5, 5.41) is 12.3. The average molecular weight is 562 g/mol. The van der Waals surface area contributed by atoms with Crippen molar-refractivity contribution in [1.29, 1.82) is 0 Å². The zero-order chi connectivity index (χ0) is 28.8. The van der Waals surface area contributed by atoms with Crippen LogP contribution in [0.4, 0.5) is 5.69 Å². The molecule has 5 rings (SSSR count). The molecular weight excluding hydrogens is 528 g/mol.